The number of likely N-dealkylation sites (tertiary alicyclic amines) is 1. The van der Waals surface area contributed by atoms with Crippen LogP contribution in [0.2, 0.25) is 5.02 Å². The molecule has 3 aromatic rings. The molecule has 1 saturated heterocycles. The molecule has 0 saturated carbocycles. The van der Waals surface area contributed by atoms with Gasteiger partial charge in [-0.3, -0.25) is 4.98 Å². The average Bonchev–Trinajstić information content (AvgIpc) is 2.63. The first-order valence-electron chi connectivity index (χ1n) is 8.67. The number of hydrogen-bond donors (Lipinski definition) is 2. The Balaban J connectivity index is 1.76. The lowest BCUT2D eigenvalue weighted by Gasteiger charge is -2.30. The summed E-state index contributed by atoms with van der Waals surface area (Å²) in [7, 11) is 2.13. The normalized spacial score (nSPS) is 18.2. The predicted octanol–water partition coefficient (Wildman–Crippen LogP) is 3.56. The lowest BCUT2D eigenvalue weighted by atomic mass is 10.0. The summed E-state index contributed by atoms with van der Waals surface area (Å²) in [6, 6.07) is 9.10. The SMILES string of the molecule is CN1CCCC(Nc2nnc(-c3ccc(Cl)cc3O)c3cccnc23)C1. The Kier molecular flexibility index (Phi) is 4.61. The van der Waals surface area contributed by atoms with E-state index in [2.05, 4.69) is 32.4 Å². The zero-order valence-corrected chi connectivity index (χ0v) is 15.2. The Morgan fingerprint density at radius 2 is 2.15 bits per heavy atom. The minimum Gasteiger partial charge on any atom is -0.507 e. The molecule has 26 heavy (non-hydrogen) atoms. The molecule has 0 bridgehead atoms. The van der Waals surface area contributed by atoms with Crippen LogP contribution in [0.4, 0.5) is 5.82 Å². The van der Waals surface area contributed by atoms with E-state index in [-0.39, 0.29) is 5.75 Å². The molecule has 3 heterocycles. The number of phenols is 1. The number of rotatable bonds is 3. The quantitative estimate of drug-likeness (QED) is 0.735. The Morgan fingerprint density at radius 3 is 2.96 bits per heavy atom. The predicted molar refractivity (Wildman–Crippen MR) is 104 cm³/mol. The first-order valence-corrected chi connectivity index (χ1v) is 9.05. The second-order valence-electron chi connectivity index (χ2n) is 6.70. The smallest absolute Gasteiger partial charge is 0.175 e. The second-order valence-corrected chi connectivity index (χ2v) is 7.14. The number of aromatic hydroxyl groups is 1. The van der Waals surface area contributed by atoms with Crippen molar-refractivity contribution >= 4 is 28.3 Å². The van der Waals surface area contributed by atoms with Crippen molar-refractivity contribution in [2.75, 3.05) is 25.5 Å². The van der Waals surface area contributed by atoms with Crippen molar-refractivity contribution in [2.24, 2.45) is 0 Å². The molecular formula is C19H20ClN5O. The van der Waals surface area contributed by atoms with Gasteiger partial charge in [-0.25, -0.2) is 0 Å². The van der Waals surface area contributed by atoms with Crippen molar-refractivity contribution in [3.05, 3.63) is 41.6 Å². The van der Waals surface area contributed by atoms with E-state index >= 15 is 0 Å². The number of nitrogens with one attached hydrogen (secondary N) is 1. The zero-order chi connectivity index (χ0) is 18.1. The summed E-state index contributed by atoms with van der Waals surface area (Å²) in [5.74, 6) is 0.754. The van der Waals surface area contributed by atoms with E-state index in [0.29, 0.717) is 28.1 Å². The van der Waals surface area contributed by atoms with Crippen molar-refractivity contribution in [3.8, 4) is 17.0 Å². The van der Waals surface area contributed by atoms with Crippen LogP contribution in [-0.2, 0) is 0 Å². The minimum absolute atomic E-state index is 0.0755. The first-order chi connectivity index (χ1) is 12.6. The van der Waals surface area contributed by atoms with Crippen molar-refractivity contribution in [3.63, 3.8) is 0 Å². The highest BCUT2D eigenvalue weighted by Gasteiger charge is 2.20. The summed E-state index contributed by atoms with van der Waals surface area (Å²) in [5.41, 5.74) is 1.93. The van der Waals surface area contributed by atoms with Gasteiger partial charge in [0.1, 0.15) is 17.0 Å². The Hall–Kier alpha value is -2.44. The van der Waals surface area contributed by atoms with Crippen LogP contribution in [0.5, 0.6) is 5.75 Å². The van der Waals surface area contributed by atoms with Crippen LogP contribution < -0.4 is 5.32 Å². The number of anilines is 1. The topological polar surface area (TPSA) is 74.2 Å². The number of pyridine rings is 1. The molecule has 1 aliphatic heterocycles. The van der Waals surface area contributed by atoms with Crippen LogP contribution in [0.3, 0.4) is 0 Å². The number of likely N-dealkylation sites (N-methyl/N-ethyl adjacent to an activating group) is 1. The Bertz CT molecular complexity index is 948. The molecule has 0 amide bonds. The maximum absolute atomic E-state index is 10.3. The van der Waals surface area contributed by atoms with Gasteiger partial charge in [-0.15, -0.1) is 10.2 Å². The van der Waals surface area contributed by atoms with Crippen molar-refractivity contribution in [1.29, 1.82) is 0 Å². The van der Waals surface area contributed by atoms with E-state index in [4.69, 9.17) is 11.6 Å². The summed E-state index contributed by atoms with van der Waals surface area (Å²) >= 11 is 5.95. The highest BCUT2D eigenvalue weighted by Crippen LogP contribution is 2.35. The van der Waals surface area contributed by atoms with Crippen molar-refractivity contribution in [1.82, 2.24) is 20.1 Å². The molecule has 6 nitrogen and oxygen atoms in total. The van der Waals surface area contributed by atoms with Crippen molar-refractivity contribution < 1.29 is 5.11 Å². The maximum Gasteiger partial charge on any atom is 0.175 e. The summed E-state index contributed by atoms with van der Waals surface area (Å²) in [6.45, 7) is 2.09. The third kappa shape index (κ3) is 3.30. The number of benzene rings is 1. The van der Waals surface area contributed by atoms with Crippen LogP contribution in [0.15, 0.2) is 36.5 Å². The van der Waals surface area contributed by atoms with E-state index < -0.39 is 0 Å². The third-order valence-electron chi connectivity index (χ3n) is 4.72. The number of nitrogens with zero attached hydrogens (tertiary/aromatic N) is 4. The van der Waals surface area contributed by atoms with Gasteiger partial charge in [-0.2, -0.15) is 0 Å². The number of phenolic OH excluding ortho intramolecular Hbond substituents is 1. The number of piperidine rings is 1. The molecule has 134 valence electrons. The van der Waals surface area contributed by atoms with Gasteiger partial charge in [0, 0.05) is 34.8 Å². The highest BCUT2D eigenvalue weighted by molar-refractivity contribution is 6.30. The molecule has 1 aliphatic rings. The van der Waals surface area contributed by atoms with Crippen LogP contribution >= 0.6 is 11.6 Å². The number of fused-ring (bicyclic) bond motifs is 1. The van der Waals surface area contributed by atoms with E-state index in [9.17, 15) is 5.11 Å². The largest absolute Gasteiger partial charge is 0.507 e. The molecule has 1 aromatic carbocycles. The number of aromatic nitrogens is 3. The molecule has 2 aromatic heterocycles. The van der Waals surface area contributed by atoms with Gasteiger partial charge in [0.15, 0.2) is 5.82 Å². The summed E-state index contributed by atoms with van der Waals surface area (Å²) in [5, 5.41) is 23.8. The lowest BCUT2D eigenvalue weighted by Crippen LogP contribution is -2.40. The van der Waals surface area contributed by atoms with Crippen LogP contribution in [0.25, 0.3) is 22.2 Å². The van der Waals surface area contributed by atoms with Gasteiger partial charge in [-0.1, -0.05) is 11.6 Å². The van der Waals surface area contributed by atoms with Gasteiger partial charge in [0.2, 0.25) is 0 Å². The van der Waals surface area contributed by atoms with Gasteiger partial charge in [0.25, 0.3) is 0 Å². The van der Waals surface area contributed by atoms with Gasteiger partial charge in [-0.05, 0) is 56.8 Å². The lowest BCUT2D eigenvalue weighted by molar-refractivity contribution is 0.261. The molecule has 0 radical (unpaired) electrons. The molecule has 1 fully saturated rings. The molecule has 4 rings (SSSR count). The monoisotopic (exact) mass is 369 g/mol. The fourth-order valence-corrected chi connectivity index (χ4v) is 3.63. The Labute approximate surface area is 156 Å². The van der Waals surface area contributed by atoms with Crippen LogP contribution in [0.1, 0.15) is 12.8 Å². The molecule has 1 unspecified atom stereocenters. The van der Waals surface area contributed by atoms with E-state index in [1.165, 1.54) is 6.07 Å². The van der Waals surface area contributed by atoms with Crippen molar-refractivity contribution in [2.45, 2.75) is 18.9 Å². The molecule has 1 atom stereocenters. The molecule has 2 N–H and O–H groups in total. The molecule has 7 heteroatoms. The standard InChI is InChI=1S/C19H20ClN5O/c1-25-9-3-4-13(11-25)22-19-18-15(5-2-8-21-18)17(23-24-19)14-7-6-12(20)10-16(14)26/h2,5-8,10,13,26H,3-4,9,11H2,1H3,(H,22,24). The number of halogens is 1. The van der Waals surface area contributed by atoms with E-state index in [1.807, 2.05) is 12.1 Å². The summed E-state index contributed by atoms with van der Waals surface area (Å²) < 4.78 is 0. The maximum atomic E-state index is 10.3. The molecule has 0 spiro atoms. The first kappa shape index (κ1) is 17.0. The fourth-order valence-electron chi connectivity index (χ4n) is 3.47. The van der Waals surface area contributed by atoms with E-state index in [0.717, 1.165) is 36.8 Å². The zero-order valence-electron chi connectivity index (χ0n) is 14.5. The van der Waals surface area contributed by atoms with Gasteiger partial charge < -0.3 is 15.3 Å². The van der Waals surface area contributed by atoms with Gasteiger partial charge >= 0.3 is 0 Å². The molecule has 0 aliphatic carbocycles. The highest BCUT2D eigenvalue weighted by atomic mass is 35.5. The third-order valence-corrected chi connectivity index (χ3v) is 4.95. The average molecular weight is 370 g/mol. The minimum atomic E-state index is 0.0755. The number of hydrogen-bond acceptors (Lipinski definition) is 6. The second kappa shape index (κ2) is 7.05. The van der Waals surface area contributed by atoms with Crippen LogP contribution in [-0.4, -0.2) is 51.4 Å². The fraction of sp³-hybridized carbons (Fsp3) is 0.316. The Morgan fingerprint density at radius 1 is 1.27 bits per heavy atom. The summed E-state index contributed by atoms with van der Waals surface area (Å²) in [4.78, 5) is 6.82. The van der Waals surface area contributed by atoms with Gasteiger partial charge in [0.05, 0.1) is 0 Å². The van der Waals surface area contributed by atoms with E-state index in [1.54, 1.807) is 18.3 Å². The summed E-state index contributed by atoms with van der Waals surface area (Å²) in [6.07, 6.45) is 4.00. The van der Waals surface area contributed by atoms with Crippen LogP contribution in [0, 0.1) is 0 Å². The molecular weight excluding hydrogens is 350 g/mol.